The molecule has 1 aromatic carbocycles. The van der Waals surface area contributed by atoms with Crippen LogP contribution in [0.1, 0.15) is 12.8 Å². The lowest BCUT2D eigenvalue weighted by molar-refractivity contribution is 0.478. The van der Waals surface area contributed by atoms with Crippen LogP contribution >= 0.6 is 0 Å². The molecule has 1 heterocycles. The van der Waals surface area contributed by atoms with Gasteiger partial charge in [-0.25, -0.2) is 13.1 Å². The molecule has 18 heavy (non-hydrogen) atoms. The summed E-state index contributed by atoms with van der Waals surface area (Å²) in [6.45, 7) is 1.94. The maximum atomic E-state index is 11.9. The third kappa shape index (κ3) is 3.01. The van der Waals surface area contributed by atoms with Crippen LogP contribution in [0.15, 0.2) is 29.2 Å². The summed E-state index contributed by atoms with van der Waals surface area (Å²) in [5.74, 6) is 0. The Kier molecular flexibility index (Phi) is 4.21. The zero-order valence-corrected chi connectivity index (χ0v) is 11.3. The Morgan fingerprint density at radius 2 is 1.89 bits per heavy atom. The lowest BCUT2D eigenvalue weighted by Crippen LogP contribution is -2.35. The van der Waals surface area contributed by atoms with Crippen molar-refractivity contribution in [1.29, 1.82) is 0 Å². The van der Waals surface area contributed by atoms with E-state index in [1.165, 1.54) is 7.05 Å². The van der Waals surface area contributed by atoms with E-state index in [1.54, 1.807) is 12.1 Å². The summed E-state index contributed by atoms with van der Waals surface area (Å²) in [5, 5.41) is 6.62. The average molecular weight is 269 g/mol. The molecule has 0 unspecified atom stereocenters. The van der Waals surface area contributed by atoms with Crippen molar-refractivity contribution in [2.45, 2.75) is 23.8 Å². The van der Waals surface area contributed by atoms with Crippen LogP contribution in [0.5, 0.6) is 0 Å². The van der Waals surface area contributed by atoms with Crippen LogP contribution in [0.2, 0.25) is 0 Å². The first kappa shape index (κ1) is 13.3. The van der Waals surface area contributed by atoms with Gasteiger partial charge in [0.05, 0.1) is 5.69 Å². The summed E-state index contributed by atoms with van der Waals surface area (Å²) in [4.78, 5) is 0.311. The first-order valence-corrected chi connectivity index (χ1v) is 7.61. The normalized spacial score (nSPS) is 17.6. The van der Waals surface area contributed by atoms with E-state index in [4.69, 9.17) is 0 Å². The molecule has 3 N–H and O–H groups in total. The van der Waals surface area contributed by atoms with E-state index < -0.39 is 10.0 Å². The quantitative estimate of drug-likeness (QED) is 0.755. The number of para-hydroxylation sites is 1. The largest absolute Gasteiger partial charge is 0.381 e. The van der Waals surface area contributed by atoms with Crippen LogP contribution in [0, 0.1) is 0 Å². The van der Waals surface area contributed by atoms with Crippen LogP contribution in [0.4, 0.5) is 5.69 Å². The third-order valence-electron chi connectivity index (χ3n) is 3.14. The van der Waals surface area contributed by atoms with Gasteiger partial charge >= 0.3 is 0 Å². The smallest absolute Gasteiger partial charge is 0.242 e. The fourth-order valence-electron chi connectivity index (χ4n) is 2.12. The predicted octanol–water partition coefficient (Wildman–Crippen LogP) is 0.759. The molecule has 1 aliphatic rings. The van der Waals surface area contributed by atoms with E-state index in [1.807, 2.05) is 12.1 Å². The second kappa shape index (κ2) is 5.69. The van der Waals surface area contributed by atoms with Gasteiger partial charge in [0.2, 0.25) is 10.0 Å². The summed E-state index contributed by atoms with van der Waals surface area (Å²) in [5.41, 5.74) is 0.679. The van der Waals surface area contributed by atoms with E-state index in [0.29, 0.717) is 16.6 Å². The Morgan fingerprint density at radius 3 is 2.56 bits per heavy atom. The van der Waals surface area contributed by atoms with Crippen molar-refractivity contribution in [3.8, 4) is 0 Å². The maximum Gasteiger partial charge on any atom is 0.242 e. The lowest BCUT2D eigenvalue weighted by Gasteiger charge is -2.25. The topological polar surface area (TPSA) is 70.2 Å². The van der Waals surface area contributed by atoms with Crippen LogP contribution in [0.25, 0.3) is 0 Å². The van der Waals surface area contributed by atoms with Crippen LogP contribution in [0.3, 0.4) is 0 Å². The summed E-state index contributed by atoms with van der Waals surface area (Å²) in [6, 6.07) is 7.34. The minimum Gasteiger partial charge on any atom is -0.381 e. The molecule has 6 heteroatoms. The van der Waals surface area contributed by atoms with Crippen molar-refractivity contribution in [2.24, 2.45) is 0 Å². The zero-order valence-electron chi connectivity index (χ0n) is 10.4. The Labute approximate surface area is 108 Å². The molecule has 0 saturated carbocycles. The number of sulfonamides is 1. The van der Waals surface area contributed by atoms with E-state index in [2.05, 4.69) is 15.4 Å². The number of nitrogens with one attached hydrogen (secondary N) is 3. The number of benzene rings is 1. The van der Waals surface area contributed by atoms with Gasteiger partial charge < -0.3 is 10.6 Å². The minimum absolute atomic E-state index is 0.311. The van der Waals surface area contributed by atoms with Crippen molar-refractivity contribution in [2.75, 3.05) is 25.5 Å². The molecule has 1 saturated heterocycles. The molecular weight excluding hydrogens is 250 g/mol. The molecule has 0 atom stereocenters. The van der Waals surface area contributed by atoms with Gasteiger partial charge in [-0.05, 0) is 45.1 Å². The van der Waals surface area contributed by atoms with Gasteiger partial charge in [0.25, 0.3) is 0 Å². The highest BCUT2D eigenvalue weighted by molar-refractivity contribution is 7.89. The SMILES string of the molecule is CNS(=O)(=O)c1ccccc1NC1CCNCC1. The van der Waals surface area contributed by atoms with Gasteiger partial charge in [0, 0.05) is 6.04 Å². The van der Waals surface area contributed by atoms with Crippen molar-refractivity contribution < 1.29 is 8.42 Å². The molecule has 0 radical (unpaired) electrons. The molecule has 0 aromatic heterocycles. The third-order valence-corrected chi connectivity index (χ3v) is 4.62. The monoisotopic (exact) mass is 269 g/mol. The van der Waals surface area contributed by atoms with Crippen LogP contribution in [-0.4, -0.2) is 34.6 Å². The molecule has 0 bridgehead atoms. The Morgan fingerprint density at radius 1 is 1.22 bits per heavy atom. The van der Waals surface area contributed by atoms with E-state index in [0.717, 1.165) is 25.9 Å². The first-order chi connectivity index (χ1) is 8.63. The Balaban J connectivity index is 2.22. The van der Waals surface area contributed by atoms with Gasteiger partial charge in [-0.3, -0.25) is 0 Å². The molecule has 5 nitrogen and oxygen atoms in total. The number of hydrogen-bond acceptors (Lipinski definition) is 4. The number of hydrogen-bond donors (Lipinski definition) is 3. The molecule has 2 rings (SSSR count). The van der Waals surface area contributed by atoms with Crippen LogP contribution in [-0.2, 0) is 10.0 Å². The molecule has 1 aromatic rings. The summed E-state index contributed by atoms with van der Waals surface area (Å²) in [7, 11) is -1.98. The van der Waals surface area contributed by atoms with Gasteiger partial charge in [-0.2, -0.15) is 0 Å². The molecule has 0 amide bonds. The van der Waals surface area contributed by atoms with Crippen LogP contribution < -0.4 is 15.4 Å². The summed E-state index contributed by atoms with van der Waals surface area (Å²) in [6.07, 6.45) is 2.02. The van der Waals surface area contributed by atoms with Crippen molar-refractivity contribution in [1.82, 2.24) is 10.0 Å². The number of rotatable bonds is 4. The van der Waals surface area contributed by atoms with E-state index >= 15 is 0 Å². The minimum atomic E-state index is -3.41. The molecule has 1 aliphatic heterocycles. The fraction of sp³-hybridized carbons (Fsp3) is 0.500. The van der Waals surface area contributed by atoms with Crippen molar-refractivity contribution in [3.05, 3.63) is 24.3 Å². The Hall–Kier alpha value is -1.11. The maximum absolute atomic E-state index is 11.9. The zero-order chi connectivity index (χ0) is 13.0. The van der Waals surface area contributed by atoms with Gasteiger partial charge in [0.15, 0.2) is 0 Å². The second-order valence-electron chi connectivity index (χ2n) is 4.37. The van der Waals surface area contributed by atoms with E-state index in [9.17, 15) is 8.42 Å². The number of anilines is 1. The first-order valence-electron chi connectivity index (χ1n) is 6.13. The molecule has 100 valence electrons. The van der Waals surface area contributed by atoms with Gasteiger partial charge in [-0.15, -0.1) is 0 Å². The highest BCUT2D eigenvalue weighted by Crippen LogP contribution is 2.22. The standard InChI is InChI=1S/C12H19N3O2S/c1-13-18(16,17)12-5-3-2-4-11(12)15-10-6-8-14-9-7-10/h2-5,10,13-15H,6-9H2,1H3. The molecule has 0 spiro atoms. The second-order valence-corrected chi connectivity index (χ2v) is 6.23. The summed E-state index contributed by atoms with van der Waals surface area (Å²) < 4.78 is 26.2. The fourth-order valence-corrected chi connectivity index (χ4v) is 3.01. The lowest BCUT2D eigenvalue weighted by atomic mass is 10.1. The van der Waals surface area contributed by atoms with Crippen molar-refractivity contribution in [3.63, 3.8) is 0 Å². The molecular formula is C12H19N3O2S. The predicted molar refractivity (Wildman–Crippen MR) is 72.2 cm³/mol. The van der Waals surface area contributed by atoms with Gasteiger partial charge in [0.1, 0.15) is 4.90 Å². The highest BCUT2D eigenvalue weighted by atomic mass is 32.2. The number of piperidine rings is 1. The van der Waals surface area contributed by atoms with Crippen molar-refractivity contribution >= 4 is 15.7 Å². The Bertz CT molecular complexity index is 496. The average Bonchev–Trinajstić information content (AvgIpc) is 2.40. The summed E-state index contributed by atoms with van der Waals surface area (Å²) >= 11 is 0. The van der Waals surface area contributed by atoms with E-state index in [-0.39, 0.29) is 0 Å². The highest BCUT2D eigenvalue weighted by Gasteiger charge is 2.19. The molecule has 0 aliphatic carbocycles. The molecule has 1 fully saturated rings. The van der Waals surface area contributed by atoms with Gasteiger partial charge in [-0.1, -0.05) is 12.1 Å².